The van der Waals surface area contributed by atoms with E-state index in [0.29, 0.717) is 11.5 Å². The minimum absolute atomic E-state index is 0.560. The molecule has 0 heterocycles. The van der Waals surface area contributed by atoms with Gasteiger partial charge in [0.2, 0.25) is 0 Å². The van der Waals surface area contributed by atoms with Crippen LogP contribution < -0.4 is 5.32 Å². The van der Waals surface area contributed by atoms with Gasteiger partial charge in [-0.3, -0.25) is 0 Å². The highest BCUT2D eigenvalue weighted by atomic mass is 14.9. The first kappa shape index (κ1) is 12.5. The van der Waals surface area contributed by atoms with Gasteiger partial charge in [-0.15, -0.1) is 0 Å². The van der Waals surface area contributed by atoms with Crippen LogP contribution in [0.4, 0.5) is 5.69 Å². The Labute approximate surface area is 106 Å². The van der Waals surface area contributed by atoms with Gasteiger partial charge in [-0.1, -0.05) is 32.9 Å². The summed E-state index contributed by atoms with van der Waals surface area (Å²) in [5, 5.41) is 3.67. The van der Waals surface area contributed by atoms with Crippen LogP contribution >= 0.6 is 0 Å². The van der Waals surface area contributed by atoms with Gasteiger partial charge in [0, 0.05) is 11.7 Å². The number of nitrogens with one attached hydrogen (secondary N) is 1. The molecule has 0 unspecified atom stereocenters. The topological polar surface area (TPSA) is 12.0 Å². The summed E-state index contributed by atoms with van der Waals surface area (Å²) < 4.78 is 0. The third-order valence-electron chi connectivity index (χ3n) is 4.07. The van der Waals surface area contributed by atoms with Crippen molar-refractivity contribution in [3.8, 4) is 0 Å². The molecule has 1 aromatic rings. The van der Waals surface area contributed by atoms with Gasteiger partial charge in [0.1, 0.15) is 0 Å². The average molecular weight is 231 g/mol. The monoisotopic (exact) mass is 231 g/mol. The highest BCUT2D eigenvalue weighted by Crippen LogP contribution is 2.36. The number of rotatable bonds is 3. The molecule has 1 fully saturated rings. The molecule has 1 saturated carbocycles. The predicted molar refractivity (Wildman–Crippen MR) is 75.5 cm³/mol. The summed E-state index contributed by atoms with van der Waals surface area (Å²) in [7, 11) is 0. The van der Waals surface area contributed by atoms with Crippen LogP contribution in [0.1, 0.15) is 52.0 Å². The second kappa shape index (κ2) is 5.12. The van der Waals surface area contributed by atoms with E-state index in [1.807, 2.05) is 0 Å². The number of benzene rings is 1. The van der Waals surface area contributed by atoms with Crippen molar-refractivity contribution in [3.05, 3.63) is 29.8 Å². The van der Waals surface area contributed by atoms with Crippen LogP contribution in [-0.4, -0.2) is 6.04 Å². The van der Waals surface area contributed by atoms with Gasteiger partial charge in [0.05, 0.1) is 0 Å². The minimum atomic E-state index is 0.560. The van der Waals surface area contributed by atoms with Gasteiger partial charge in [-0.25, -0.2) is 0 Å². The summed E-state index contributed by atoms with van der Waals surface area (Å²) in [6, 6.07) is 9.58. The van der Waals surface area contributed by atoms with E-state index in [2.05, 4.69) is 50.4 Å². The summed E-state index contributed by atoms with van der Waals surface area (Å²) >= 11 is 0. The van der Waals surface area contributed by atoms with Crippen LogP contribution in [-0.2, 0) is 6.42 Å². The Morgan fingerprint density at radius 3 is 2.24 bits per heavy atom. The van der Waals surface area contributed by atoms with E-state index in [1.54, 1.807) is 0 Å². The van der Waals surface area contributed by atoms with Gasteiger partial charge < -0.3 is 5.32 Å². The van der Waals surface area contributed by atoms with Crippen LogP contribution in [0.3, 0.4) is 0 Å². The maximum Gasteiger partial charge on any atom is 0.0342 e. The van der Waals surface area contributed by atoms with Gasteiger partial charge in [-0.05, 0) is 55.2 Å². The Balaban J connectivity index is 1.89. The SMILES string of the molecule is CCc1ccc(NC2CCC(C)(C)CC2)cc1. The molecule has 1 aromatic carbocycles. The molecule has 1 aliphatic rings. The van der Waals surface area contributed by atoms with Crippen molar-refractivity contribution < 1.29 is 0 Å². The fourth-order valence-corrected chi connectivity index (χ4v) is 2.62. The number of anilines is 1. The Hall–Kier alpha value is -0.980. The van der Waals surface area contributed by atoms with E-state index in [4.69, 9.17) is 0 Å². The molecule has 2 rings (SSSR count). The van der Waals surface area contributed by atoms with Crippen molar-refractivity contribution in [2.24, 2.45) is 5.41 Å². The van der Waals surface area contributed by atoms with Crippen molar-refractivity contribution in [1.82, 2.24) is 0 Å². The molecule has 17 heavy (non-hydrogen) atoms. The Morgan fingerprint density at radius 2 is 1.71 bits per heavy atom. The molecule has 1 N–H and O–H groups in total. The second-order valence-corrected chi connectivity index (χ2v) is 6.13. The normalized spacial score (nSPS) is 20.2. The lowest BCUT2D eigenvalue weighted by atomic mass is 9.75. The van der Waals surface area contributed by atoms with Gasteiger partial charge in [0.15, 0.2) is 0 Å². The molecule has 1 nitrogen and oxygen atoms in total. The Morgan fingerprint density at radius 1 is 1.12 bits per heavy atom. The lowest BCUT2D eigenvalue weighted by Crippen LogP contribution is -2.29. The zero-order valence-corrected chi connectivity index (χ0v) is 11.4. The summed E-state index contributed by atoms with van der Waals surface area (Å²) in [4.78, 5) is 0. The van der Waals surface area contributed by atoms with Crippen molar-refractivity contribution in [2.45, 2.75) is 58.9 Å². The first-order chi connectivity index (χ1) is 8.09. The van der Waals surface area contributed by atoms with Gasteiger partial charge in [-0.2, -0.15) is 0 Å². The number of aryl methyl sites for hydroxylation is 1. The third-order valence-corrected chi connectivity index (χ3v) is 4.07. The summed E-state index contributed by atoms with van der Waals surface area (Å²) in [6.45, 7) is 6.98. The number of hydrogen-bond donors (Lipinski definition) is 1. The molecule has 0 aliphatic heterocycles. The van der Waals surface area contributed by atoms with E-state index in [0.717, 1.165) is 6.42 Å². The van der Waals surface area contributed by atoms with Gasteiger partial charge in [0.25, 0.3) is 0 Å². The largest absolute Gasteiger partial charge is 0.382 e. The predicted octanol–water partition coefficient (Wildman–Crippen LogP) is 4.63. The fourth-order valence-electron chi connectivity index (χ4n) is 2.62. The van der Waals surface area contributed by atoms with Gasteiger partial charge >= 0.3 is 0 Å². The first-order valence-corrected chi connectivity index (χ1v) is 6.94. The molecule has 0 saturated heterocycles. The zero-order chi connectivity index (χ0) is 12.3. The van der Waals surface area contributed by atoms with Crippen molar-refractivity contribution >= 4 is 5.69 Å². The van der Waals surface area contributed by atoms with E-state index >= 15 is 0 Å². The fraction of sp³-hybridized carbons (Fsp3) is 0.625. The van der Waals surface area contributed by atoms with Crippen LogP contribution in [0, 0.1) is 5.41 Å². The molecular weight excluding hydrogens is 206 g/mol. The summed E-state index contributed by atoms with van der Waals surface area (Å²) in [6.07, 6.45) is 6.43. The average Bonchev–Trinajstić information content (AvgIpc) is 2.33. The standard InChI is InChI=1S/C16H25N/c1-4-13-5-7-14(8-6-13)17-15-9-11-16(2,3)12-10-15/h5-8,15,17H,4,9-12H2,1-3H3. The minimum Gasteiger partial charge on any atom is -0.382 e. The lowest BCUT2D eigenvalue weighted by molar-refractivity contribution is 0.232. The third kappa shape index (κ3) is 3.49. The highest BCUT2D eigenvalue weighted by molar-refractivity contribution is 5.45. The smallest absolute Gasteiger partial charge is 0.0342 e. The molecular formula is C16H25N. The molecule has 0 amide bonds. The van der Waals surface area contributed by atoms with Crippen LogP contribution in [0.5, 0.6) is 0 Å². The highest BCUT2D eigenvalue weighted by Gasteiger charge is 2.26. The number of hydrogen-bond acceptors (Lipinski definition) is 1. The van der Waals surface area contributed by atoms with E-state index in [-0.39, 0.29) is 0 Å². The Bertz CT molecular complexity index is 340. The van der Waals surface area contributed by atoms with Crippen molar-refractivity contribution in [3.63, 3.8) is 0 Å². The van der Waals surface area contributed by atoms with Crippen LogP contribution in [0.2, 0.25) is 0 Å². The molecule has 0 bridgehead atoms. The van der Waals surface area contributed by atoms with Crippen LogP contribution in [0.15, 0.2) is 24.3 Å². The molecule has 0 aromatic heterocycles. The van der Waals surface area contributed by atoms with E-state index in [1.165, 1.54) is 36.9 Å². The maximum absolute atomic E-state index is 3.67. The van der Waals surface area contributed by atoms with Crippen molar-refractivity contribution in [2.75, 3.05) is 5.32 Å². The quantitative estimate of drug-likeness (QED) is 0.799. The first-order valence-electron chi connectivity index (χ1n) is 6.94. The molecule has 0 spiro atoms. The second-order valence-electron chi connectivity index (χ2n) is 6.13. The van der Waals surface area contributed by atoms with Crippen molar-refractivity contribution in [1.29, 1.82) is 0 Å². The zero-order valence-electron chi connectivity index (χ0n) is 11.4. The molecule has 1 heteroatoms. The molecule has 94 valence electrons. The maximum atomic E-state index is 3.67. The molecule has 0 radical (unpaired) electrons. The molecule has 1 aliphatic carbocycles. The summed E-state index contributed by atoms with van der Waals surface area (Å²) in [5.41, 5.74) is 3.26. The lowest BCUT2D eigenvalue weighted by Gasteiger charge is -2.35. The Kier molecular flexibility index (Phi) is 3.76. The van der Waals surface area contributed by atoms with Crippen LogP contribution in [0.25, 0.3) is 0 Å². The summed E-state index contributed by atoms with van der Waals surface area (Å²) in [5.74, 6) is 0. The van der Waals surface area contributed by atoms with E-state index < -0.39 is 0 Å². The molecule has 0 atom stereocenters. The van der Waals surface area contributed by atoms with E-state index in [9.17, 15) is 0 Å².